The summed E-state index contributed by atoms with van der Waals surface area (Å²) in [6.45, 7) is 1.37. The van der Waals surface area contributed by atoms with E-state index in [1.54, 1.807) is 23.6 Å². The molecule has 24 heavy (non-hydrogen) atoms. The van der Waals surface area contributed by atoms with Crippen LogP contribution in [0.2, 0.25) is 10.3 Å². The van der Waals surface area contributed by atoms with Crippen LogP contribution in [0, 0.1) is 0 Å². The van der Waals surface area contributed by atoms with E-state index in [0.717, 1.165) is 0 Å². The molecule has 0 saturated heterocycles. The molecule has 0 N–H and O–H groups in total. The lowest BCUT2D eigenvalue weighted by Crippen LogP contribution is -2.38. The van der Waals surface area contributed by atoms with Gasteiger partial charge in [-0.05, 0) is 12.1 Å². The zero-order valence-corrected chi connectivity index (χ0v) is 14.5. The molecule has 0 aliphatic carbocycles. The number of nitrogens with zero attached hydrogens (tertiary/aromatic N) is 6. The first-order valence-electron chi connectivity index (χ1n) is 7.13. The van der Waals surface area contributed by atoms with Gasteiger partial charge >= 0.3 is 0 Å². The average molecular weight is 369 g/mol. The minimum absolute atomic E-state index is 0.146. The number of pyridine rings is 1. The van der Waals surface area contributed by atoms with Crippen LogP contribution in [0.15, 0.2) is 12.1 Å². The van der Waals surface area contributed by atoms with E-state index in [4.69, 9.17) is 23.2 Å². The van der Waals surface area contributed by atoms with Gasteiger partial charge in [-0.25, -0.2) is 4.98 Å². The fourth-order valence-electron chi connectivity index (χ4n) is 2.46. The van der Waals surface area contributed by atoms with Crippen molar-refractivity contribution in [1.82, 2.24) is 29.5 Å². The van der Waals surface area contributed by atoms with Crippen LogP contribution in [-0.4, -0.2) is 62.0 Å². The van der Waals surface area contributed by atoms with Crippen molar-refractivity contribution >= 4 is 35.0 Å². The molecule has 0 unspecified atom stereocenters. The van der Waals surface area contributed by atoms with Gasteiger partial charge in [0.1, 0.15) is 10.3 Å². The summed E-state index contributed by atoms with van der Waals surface area (Å²) in [5.41, 5.74) is 0.330. The smallest absolute Gasteiger partial charge is 0.291 e. The van der Waals surface area contributed by atoms with E-state index in [0.29, 0.717) is 24.5 Å². The maximum Gasteiger partial charge on any atom is 0.291 e. The van der Waals surface area contributed by atoms with Crippen LogP contribution in [0.25, 0.3) is 0 Å². The average Bonchev–Trinajstić information content (AvgIpc) is 2.92. The molecule has 0 aromatic carbocycles. The molecule has 0 spiro atoms. The Balaban J connectivity index is 1.80. The highest BCUT2D eigenvalue weighted by atomic mass is 35.5. The number of carbonyl (C=O) groups excluding carboxylic acids is 2. The topological polar surface area (TPSA) is 84.2 Å². The Kier molecular flexibility index (Phi) is 4.42. The Morgan fingerprint density at radius 3 is 2.58 bits per heavy atom. The second-order valence-corrected chi connectivity index (χ2v) is 6.26. The number of likely N-dealkylation sites (N-methyl/N-ethyl adjacent to an activating group) is 1. The van der Waals surface area contributed by atoms with Gasteiger partial charge in [-0.15, -0.1) is 10.2 Å². The number of carbonyl (C=O) groups is 2. The van der Waals surface area contributed by atoms with Gasteiger partial charge in [0.2, 0.25) is 5.82 Å². The molecule has 0 saturated carbocycles. The standard InChI is InChI=1S/C14H14Cl2N6O2/c1-20-3-4-22-11(18-19-12(22)14(20)24)7-21(2)13(23)8-5-9(15)17-10(16)6-8/h5-6H,3-4,7H2,1-2H3. The Labute approximate surface area is 148 Å². The van der Waals surface area contributed by atoms with Crippen LogP contribution in [0.4, 0.5) is 0 Å². The van der Waals surface area contributed by atoms with Gasteiger partial charge in [-0.1, -0.05) is 23.2 Å². The molecule has 3 rings (SSSR count). The molecular weight excluding hydrogens is 355 g/mol. The van der Waals surface area contributed by atoms with E-state index in [2.05, 4.69) is 15.2 Å². The number of aromatic nitrogens is 4. The van der Waals surface area contributed by atoms with E-state index in [-0.39, 0.29) is 34.5 Å². The van der Waals surface area contributed by atoms with Crippen LogP contribution in [0.5, 0.6) is 0 Å². The lowest BCUT2D eigenvalue weighted by Gasteiger charge is -2.24. The molecule has 1 aliphatic heterocycles. The van der Waals surface area contributed by atoms with Gasteiger partial charge in [0.25, 0.3) is 11.8 Å². The molecule has 0 atom stereocenters. The molecule has 2 aromatic heterocycles. The van der Waals surface area contributed by atoms with E-state index in [1.165, 1.54) is 17.0 Å². The summed E-state index contributed by atoms with van der Waals surface area (Å²) in [4.78, 5) is 31.4. The maximum absolute atomic E-state index is 12.5. The Bertz CT molecular complexity index is 801. The summed E-state index contributed by atoms with van der Waals surface area (Å²) in [5.74, 6) is 0.377. The molecule has 2 aromatic rings. The zero-order valence-electron chi connectivity index (χ0n) is 13.0. The molecule has 3 heterocycles. The van der Waals surface area contributed by atoms with Crippen molar-refractivity contribution in [3.8, 4) is 0 Å². The van der Waals surface area contributed by atoms with Crippen LogP contribution in [-0.2, 0) is 13.1 Å². The molecule has 10 heteroatoms. The number of hydrogen-bond acceptors (Lipinski definition) is 5. The summed E-state index contributed by atoms with van der Waals surface area (Å²) >= 11 is 11.7. The highest BCUT2D eigenvalue weighted by Gasteiger charge is 2.27. The number of halogens is 2. The van der Waals surface area contributed by atoms with Gasteiger partial charge in [0.05, 0.1) is 6.54 Å². The van der Waals surface area contributed by atoms with Crippen LogP contribution in [0.3, 0.4) is 0 Å². The molecule has 0 bridgehead atoms. The highest BCUT2D eigenvalue weighted by molar-refractivity contribution is 6.33. The number of hydrogen-bond donors (Lipinski definition) is 0. The Morgan fingerprint density at radius 1 is 1.25 bits per heavy atom. The normalized spacial score (nSPS) is 13.8. The quantitative estimate of drug-likeness (QED) is 0.763. The molecule has 8 nitrogen and oxygen atoms in total. The van der Waals surface area contributed by atoms with Crippen molar-refractivity contribution in [1.29, 1.82) is 0 Å². The van der Waals surface area contributed by atoms with Gasteiger partial charge in [-0.3, -0.25) is 9.59 Å². The summed E-state index contributed by atoms with van der Waals surface area (Å²) < 4.78 is 1.73. The van der Waals surface area contributed by atoms with Gasteiger partial charge in [0, 0.05) is 32.7 Å². The van der Waals surface area contributed by atoms with Gasteiger partial charge in [-0.2, -0.15) is 0 Å². The van der Waals surface area contributed by atoms with Crippen molar-refractivity contribution in [3.05, 3.63) is 39.7 Å². The van der Waals surface area contributed by atoms with Crippen LogP contribution < -0.4 is 0 Å². The highest BCUT2D eigenvalue weighted by Crippen LogP contribution is 2.17. The van der Waals surface area contributed by atoms with Crippen molar-refractivity contribution in [2.24, 2.45) is 0 Å². The molecular formula is C14H14Cl2N6O2. The van der Waals surface area contributed by atoms with E-state index >= 15 is 0 Å². The Hall–Kier alpha value is -2.19. The predicted octanol–water partition coefficient (Wildman–Crippen LogP) is 1.34. The third-order valence-electron chi connectivity index (χ3n) is 3.76. The van der Waals surface area contributed by atoms with E-state index in [9.17, 15) is 9.59 Å². The minimum atomic E-state index is -0.280. The van der Waals surface area contributed by atoms with Crippen molar-refractivity contribution in [2.75, 3.05) is 20.6 Å². The molecule has 2 amide bonds. The third-order valence-corrected chi connectivity index (χ3v) is 4.15. The summed E-state index contributed by atoms with van der Waals surface area (Å²) in [6.07, 6.45) is 0. The SMILES string of the molecule is CN(Cc1nnc2n1CCN(C)C2=O)C(=O)c1cc(Cl)nc(Cl)c1. The fourth-order valence-corrected chi connectivity index (χ4v) is 2.92. The lowest BCUT2D eigenvalue weighted by molar-refractivity contribution is 0.0737. The Morgan fingerprint density at radius 2 is 1.92 bits per heavy atom. The largest absolute Gasteiger partial charge is 0.337 e. The van der Waals surface area contributed by atoms with Crippen molar-refractivity contribution in [3.63, 3.8) is 0 Å². The second kappa shape index (κ2) is 6.37. The van der Waals surface area contributed by atoms with Crippen LogP contribution >= 0.6 is 23.2 Å². The van der Waals surface area contributed by atoms with Crippen LogP contribution in [0.1, 0.15) is 26.8 Å². The second-order valence-electron chi connectivity index (χ2n) is 5.48. The van der Waals surface area contributed by atoms with Crippen molar-refractivity contribution < 1.29 is 9.59 Å². The van der Waals surface area contributed by atoms with E-state index in [1.807, 2.05) is 0 Å². The summed E-state index contributed by atoms with van der Waals surface area (Å²) in [5, 5.41) is 8.27. The molecule has 0 radical (unpaired) electrons. The lowest BCUT2D eigenvalue weighted by atomic mass is 10.2. The first-order valence-corrected chi connectivity index (χ1v) is 7.88. The molecule has 0 fully saturated rings. The first kappa shape index (κ1) is 16.7. The summed E-state index contributed by atoms with van der Waals surface area (Å²) in [6, 6.07) is 2.90. The predicted molar refractivity (Wildman–Crippen MR) is 87.0 cm³/mol. The first-order chi connectivity index (χ1) is 11.4. The zero-order chi connectivity index (χ0) is 17.4. The van der Waals surface area contributed by atoms with Gasteiger partial charge < -0.3 is 14.4 Å². The van der Waals surface area contributed by atoms with Crippen molar-refractivity contribution in [2.45, 2.75) is 13.1 Å². The van der Waals surface area contributed by atoms with Gasteiger partial charge in [0.15, 0.2) is 5.82 Å². The maximum atomic E-state index is 12.5. The molecule has 126 valence electrons. The summed E-state index contributed by atoms with van der Waals surface area (Å²) in [7, 11) is 3.34. The molecule has 1 aliphatic rings. The van der Waals surface area contributed by atoms with E-state index < -0.39 is 0 Å². The minimum Gasteiger partial charge on any atom is -0.337 e. The third kappa shape index (κ3) is 3.07. The number of fused-ring (bicyclic) bond motifs is 1. The number of amides is 2. The monoisotopic (exact) mass is 368 g/mol. The number of rotatable bonds is 3. The fraction of sp³-hybridized carbons (Fsp3) is 0.357.